The third-order valence-electron chi connectivity index (χ3n) is 3.65. The first-order valence-corrected chi connectivity index (χ1v) is 7.13. The molecule has 0 aromatic heterocycles. The highest BCUT2D eigenvalue weighted by Gasteiger charge is 2.36. The van der Waals surface area contributed by atoms with E-state index in [9.17, 15) is 23.2 Å². The number of hydrogen-bond acceptors (Lipinski definition) is 3. The van der Waals surface area contributed by atoms with Gasteiger partial charge in [0.15, 0.2) is 11.6 Å². The molecule has 2 aromatic carbocycles. The van der Waals surface area contributed by atoms with Crippen LogP contribution in [0.1, 0.15) is 26.3 Å². The van der Waals surface area contributed by atoms with Crippen molar-refractivity contribution < 1.29 is 23.2 Å². The van der Waals surface area contributed by atoms with Gasteiger partial charge >= 0.3 is 0 Å². The molecule has 7 heteroatoms. The van der Waals surface area contributed by atoms with E-state index in [1.807, 2.05) is 0 Å². The Morgan fingerprint density at radius 1 is 0.958 bits per heavy atom. The van der Waals surface area contributed by atoms with Crippen molar-refractivity contribution in [3.05, 3.63) is 70.8 Å². The zero-order valence-corrected chi connectivity index (χ0v) is 12.4. The van der Waals surface area contributed by atoms with Gasteiger partial charge in [-0.25, -0.2) is 8.78 Å². The van der Waals surface area contributed by atoms with Gasteiger partial charge in [-0.05, 0) is 29.8 Å². The van der Waals surface area contributed by atoms with Crippen LogP contribution in [0.2, 0.25) is 0 Å². The molecular weight excluding hydrogens is 318 g/mol. The molecule has 0 bridgehead atoms. The van der Waals surface area contributed by atoms with Crippen LogP contribution in [0.25, 0.3) is 0 Å². The van der Waals surface area contributed by atoms with Crippen LogP contribution in [0.5, 0.6) is 0 Å². The van der Waals surface area contributed by atoms with Crippen LogP contribution in [-0.4, -0.2) is 29.2 Å². The van der Waals surface area contributed by atoms with Gasteiger partial charge in [-0.3, -0.25) is 19.3 Å². The number of halogens is 2. The Balaban J connectivity index is 1.63. The lowest BCUT2D eigenvalue weighted by Gasteiger charge is -2.13. The van der Waals surface area contributed by atoms with Crippen molar-refractivity contribution in [2.75, 3.05) is 6.54 Å². The molecule has 0 unspecified atom stereocenters. The van der Waals surface area contributed by atoms with Crippen molar-refractivity contribution in [2.24, 2.45) is 0 Å². The number of carbonyl (C=O) groups is 3. The van der Waals surface area contributed by atoms with E-state index in [-0.39, 0.29) is 17.7 Å². The van der Waals surface area contributed by atoms with E-state index < -0.39 is 35.9 Å². The van der Waals surface area contributed by atoms with Crippen LogP contribution < -0.4 is 5.32 Å². The van der Waals surface area contributed by atoms with Gasteiger partial charge in [0.05, 0.1) is 11.1 Å². The van der Waals surface area contributed by atoms with E-state index >= 15 is 0 Å². The van der Waals surface area contributed by atoms with E-state index in [1.165, 1.54) is 18.2 Å². The Hall–Kier alpha value is -3.09. The molecule has 1 aliphatic rings. The topological polar surface area (TPSA) is 66.5 Å². The Kier molecular flexibility index (Phi) is 4.07. The lowest BCUT2D eigenvalue weighted by Crippen LogP contribution is -2.40. The van der Waals surface area contributed by atoms with Gasteiger partial charge in [0.25, 0.3) is 11.8 Å². The number of imide groups is 1. The quantitative estimate of drug-likeness (QED) is 0.871. The molecule has 1 heterocycles. The van der Waals surface area contributed by atoms with E-state index in [0.717, 1.165) is 17.0 Å². The Morgan fingerprint density at radius 3 is 2.17 bits per heavy atom. The number of benzene rings is 2. The smallest absolute Gasteiger partial charge is 0.262 e. The number of fused-ring (bicyclic) bond motifs is 1. The maximum Gasteiger partial charge on any atom is 0.262 e. The number of carbonyl (C=O) groups excluding carboxylic acids is 3. The largest absolute Gasteiger partial charge is 0.350 e. The molecular formula is C17H12F2N2O3. The first kappa shape index (κ1) is 15.8. The maximum absolute atomic E-state index is 13.1. The summed E-state index contributed by atoms with van der Waals surface area (Å²) in [6.45, 7) is -0.477. The Bertz CT molecular complexity index is 816. The minimum absolute atomic E-state index is 0.0425. The maximum atomic E-state index is 13.1. The van der Waals surface area contributed by atoms with Crippen LogP contribution in [0.3, 0.4) is 0 Å². The van der Waals surface area contributed by atoms with Crippen molar-refractivity contribution >= 4 is 17.7 Å². The molecule has 5 nitrogen and oxygen atoms in total. The average molecular weight is 330 g/mol. The third-order valence-corrected chi connectivity index (χ3v) is 3.65. The summed E-state index contributed by atoms with van der Waals surface area (Å²) in [5.74, 6) is -3.62. The molecule has 24 heavy (non-hydrogen) atoms. The highest BCUT2D eigenvalue weighted by atomic mass is 19.2. The molecule has 3 amide bonds. The van der Waals surface area contributed by atoms with E-state index in [4.69, 9.17) is 0 Å². The minimum atomic E-state index is -1.01. The van der Waals surface area contributed by atoms with Crippen LogP contribution in [0, 0.1) is 11.6 Å². The van der Waals surface area contributed by atoms with Crippen molar-refractivity contribution in [2.45, 2.75) is 6.54 Å². The van der Waals surface area contributed by atoms with Gasteiger partial charge in [0.1, 0.15) is 6.54 Å². The zero-order valence-electron chi connectivity index (χ0n) is 12.4. The highest BCUT2D eigenvalue weighted by molar-refractivity contribution is 6.22. The van der Waals surface area contributed by atoms with E-state index in [0.29, 0.717) is 5.56 Å². The third kappa shape index (κ3) is 2.88. The van der Waals surface area contributed by atoms with Crippen LogP contribution in [-0.2, 0) is 11.3 Å². The molecule has 0 saturated heterocycles. The monoisotopic (exact) mass is 330 g/mol. The predicted octanol–water partition coefficient (Wildman–Crippen LogP) is 1.88. The summed E-state index contributed by atoms with van der Waals surface area (Å²) in [5.41, 5.74) is 0.886. The molecule has 0 fully saturated rings. The normalized spacial score (nSPS) is 13.2. The average Bonchev–Trinajstić information content (AvgIpc) is 2.81. The number of nitrogens with zero attached hydrogens (tertiary/aromatic N) is 1. The second kappa shape index (κ2) is 6.19. The minimum Gasteiger partial charge on any atom is -0.350 e. The highest BCUT2D eigenvalue weighted by Crippen LogP contribution is 2.21. The summed E-state index contributed by atoms with van der Waals surface area (Å²) < 4.78 is 25.9. The number of hydrogen-bond donors (Lipinski definition) is 1. The van der Waals surface area contributed by atoms with Gasteiger partial charge in [-0.2, -0.15) is 0 Å². The second-order valence-electron chi connectivity index (χ2n) is 5.27. The van der Waals surface area contributed by atoms with Crippen LogP contribution in [0.4, 0.5) is 8.78 Å². The summed E-state index contributed by atoms with van der Waals surface area (Å²) in [7, 11) is 0. The number of rotatable bonds is 4. The summed E-state index contributed by atoms with van der Waals surface area (Å²) in [5, 5.41) is 2.47. The van der Waals surface area contributed by atoms with E-state index in [2.05, 4.69) is 5.32 Å². The number of nitrogens with one attached hydrogen (secondary N) is 1. The molecule has 0 saturated carbocycles. The molecule has 2 aromatic rings. The molecule has 0 spiro atoms. The summed E-state index contributed by atoms with van der Waals surface area (Å²) in [4.78, 5) is 37.1. The van der Waals surface area contributed by atoms with Gasteiger partial charge in [0, 0.05) is 6.54 Å². The second-order valence-corrected chi connectivity index (χ2v) is 5.27. The predicted molar refractivity (Wildman–Crippen MR) is 80.0 cm³/mol. The Morgan fingerprint density at radius 2 is 1.58 bits per heavy atom. The van der Waals surface area contributed by atoms with Crippen molar-refractivity contribution in [1.29, 1.82) is 0 Å². The lowest BCUT2D eigenvalue weighted by atomic mass is 10.1. The van der Waals surface area contributed by atoms with Crippen molar-refractivity contribution in [3.63, 3.8) is 0 Å². The van der Waals surface area contributed by atoms with Gasteiger partial charge in [0.2, 0.25) is 5.91 Å². The fourth-order valence-electron chi connectivity index (χ4n) is 2.43. The SMILES string of the molecule is O=C(CN1C(=O)c2ccccc2C1=O)NCc1ccc(F)c(F)c1. The fourth-order valence-corrected chi connectivity index (χ4v) is 2.43. The fraction of sp³-hybridized carbons (Fsp3) is 0.118. The van der Waals surface area contributed by atoms with Crippen LogP contribution >= 0.6 is 0 Å². The molecule has 1 aliphatic heterocycles. The molecule has 122 valence electrons. The van der Waals surface area contributed by atoms with Gasteiger partial charge in [-0.15, -0.1) is 0 Å². The molecule has 0 atom stereocenters. The summed E-state index contributed by atoms with van der Waals surface area (Å²) in [6.07, 6.45) is 0. The van der Waals surface area contributed by atoms with Gasteiger partial charge < -0.3 is 5.32 Å². The molecule has 1 N–H and O–H groups in total. The Labute approximate surface area is 135 Å². The number of amides is 3. The van der Waals surface area contributed by atoms with Crippen molar-refractivity contribution in [1.82, 2.24) is 10.2 Å². The summed E-state index contributed by atoms with van der Waals surface area (Å²) in [6, 6.07) is 9.58. The van der Waals surface area contributed by atoms with Crippen molar-refractivity contribution in [3.8, 4) is 0 Å². The lowest BCUT2D eigenvalue weighted by molar-refractivity contribution is -0.121. The first-order valence-electron chi connectivity index (χ1n) is 7.13. The molecule has 3 rings (SSSR count). The standard InChI is InChI=1S/C17H12F2N2O3/c18-13-6-5-10(7-14(13)19)8-20-15(22)9-21-16(23)11-3-1-2-4-12(11)17(21)24/h1-7H,8-9H2,(H,20,22). The van der Waals surface area contributed by atoms with Crippen LogP contribution in [0.15, 0.2) is 42.5 Å². The zero-order chi connectivity index (χ0) is 17.3. The molecule has 0 radical (unpaired) electrons. The van der Waals surface area contributed by atoms with Gasteiger partial charge in [-0.1, -0.05) is 18.2 Å². The summed E-state index contributed by atoms with van der Waals surface area (Å²) >= 11 is 0. The first-order chi connectivity index (χ1) is 11.5. The molecule has 0 aliphatic carbocycles. The van der Waals surface area contributed by atoms with E-state index in [1.54, 1.807) is 12.1 Å².